The molecule has 0 aliphatic heterocycles. The molecule has 1 unspecified atom stereocenters. The van der Waals surface area contributed by atoms with Gasteiger partial charge >= 0.3 is 0 Å². The fourth-order valence-electron chi connectivity index (χ4n) is 2.34. The van der Waals surface area contributed by atoms with Crippen molar-refractivity contribution in [2.75, 3.05) is 12.4 Å². The highest BCUT2D eigenvalue weighted by Gasteiger charge is 2.28. The molecule has 2 aromatic heterocycles. The van der Waals surface area contributed by atoms with Gasteiger partial charge < -0.3 is 14.8 Å². The van der Waals surface area contributed by atoms with Crippen LogP contribution in [-0.4, -0.2) is 33.2 Å². The van der Waals surface area contributed by atoms with E-state index in [9.17, 15) is 9.90 Å². The standard InChI is InChI=1S/C15H20ClN3O3/c1-10-13(11(2)19(18-10)7-6-16)14(20)17-9-15(3,21)12-5-4-8-22-12/h4-5,8,21H,6-7,9H2,1-3H3,(H,17,20). The Labute approximate surface area is 134 Å². The minimum Gasteiger partial charge on any atom is -0.466 e. The first-order valence-electron chi connectivity index (χ1n) is 7.01. The smallest absolute Gasteiger partial charge is 0.255 e. The molecule has 2 rings (SSSR count). The molecule has 120 valence electrons. The second-order valence-electron chi connectivity index (χ2n) is 5.39. The number of nitrogens with one attached hydrogen (secondary N) is 1. The van der Waals surface area contributed by atoms with Crippen LogP contribution in [0.1, 0.15) is 34.4 Å². The molecule has 2 N–H and O–H groups in total. The Morgan fingerprint density at radius 2 is 2.27 bits per heavy atom. The number of carbonyl (C=O) groups excluding carboxylic acids is 1. The van der Waals surface area contributed by atoms with E-state index in [-0.39, 0.29) is 12.5 Å². The molecular weight excluding hydrogens is 306 g/mol. The number of furan rings is 1. The lowest BCUT2D eigenvalue weighted by Gasteiger charge is -2.21. The van der Waals surface area contributed by atoms with E-state index >= 15 is 0 Å². The average molecular weight is 326 g/mol. The zero-order chi connectivity index (χ0) is 16.3. The van der Waals surface area contributed by atoms with Crippen LogP contribution in [0.2, 0.25) is 0 Å². The van der Waals surface area contributed by atoms with E-state index in [2.05, 4.69) is 10.4 Å². The summed E-state index contributed by atoms with van der Waals surface area (Å²) in [5, 5.41) is 17.4. The molecule has 6 nitrogen and oxygen atoms in total. The molecule has 0 spiro atoms. The van der Waals surface area contributed by atoms with Gasteiger partial charge in [-0.3, -0.25) is 9.48 Å². The fourth-order valence-corrected chi connectivity index (χ4v) is 2.50. The van der Waals surface area contributed by atoms with Gasteiger partial charge in [-0.1, -0.05) is 0 Å². The minimum absolute atomic E-state index is 0.0406. The Bertz CT molecular complexity index is 647. The second-order valence-corrected chi connectivity index (χ2v) is 5.77. The van der Waals surface area contributed by atoms with Crippen molar-refractivity contribution in [1.29, 1.82) is 0 Å². The molecule has 0 aliphatic rings. The Hall–Kier alpha value is -1.79. The summed E-state index contributed by atoms with van der Waals surface area (Å²) in [4.78, 5) is 12.4. The van der Waals surface area contributed by atoms with Crippen molar-refractivity contribution in [3.8, 4) is 0 Å². The summed E-state index contributed by atoms with van der Waals surface area (Å²) in [6.07, 6.45) is 1.48. The normalized spacial score (nSPS) is 13.9. The lowest BCUT2D eigenvalue weighted by Crippen LogP contribution is -2.38. The number of rotatable bonds is 6. The fraction of sp³-hybridized carbons (Fsp3) is 0.467. The van der Waals surface area contributed by atoms with Gasteiger partial charge in [-0.05, 0) is 32.9 Å². The molecule has 22 heavy (non-hydrogen) atoms. The van der Waals surface area contributed by atoms with Gasteiger partial charge in [0.25, 0.3) is 5.91 Å². The SMILES string of the molecule is Cc1nn(CCCl)c(C)c1C(=O)NCC(C)(O)c1ccco1. The molecule has 0 saturated heterocycles. The third-order valence-corrected chi connectivity index (χ3v) is 3.72. The number of aromatic nitrogens is 2. The number of aryl methyl sites for hydroxylation is 2. The highest BCUT2D eigenvalue weighted by molar-refractivity contribution is 6.17. The van der Waals surface area contributed by atoms with E-state index in [4.69, 9.17) is 16.0 Å². The van der Waals surface area contributed by atoms with Gasteiger partial charge in [0.2, 0.25) is 0 Å². The van der Waals surface area contributed by atoms with Crippen LogP contribution in [0.5, 0.6) is 0 Å². The van der Waals surface area contributed by atoms with Gasteiger partial charge in [-0.25, -0.2) is 0 Å². The number of carbonyl (C=O) groups is 1. The Balaban J connectivity index is 2.10. The van der Waals surface area contributed by atoms with Crippen LogP contribution >= 0.6 is 11.6 Å². The highest BCUT2D eigenvalue weighted by Crippen LogP contribution is 2.20. The quantitative estimate of drug-likeness (QED) is 0.796. The van der Waals surface area contributed by atoms with E-state index in [1.54, 1.807) is 30.7 Å². The Kier molecular flexibility index (Phi) is 4.93. The molecule has 0 aromatic carbocycles. The first-order chi connectivity index (χ1) is 10.4. The molecule has 2 heterocycles. The highest BCUT2D eigenvalue weighted by atomic mass is 35.5. The lowest BCUT2D eigenvalue weighted by molar-refractivity contribution is 0.0330. The van der Waals surface area contributed by atoms with Crippen molar-refractivity contribution < 1.29 is 14.3 Å². The zero-order valence-electron chi connectivity index (χ0n) is 12.9. The summed E-state index contributed by atoms with van der Waals surface area (Å²) in [5.41, 5.74) is 0.638. The van der Waals surface area contributed by atoms with Crippen LogP contribution in [0.25, 0.3) is 0 Å². The first kappa shape index (κ1) is 16.6. The third kappa shape index (κ3) is 3.34. The first-order valence-corrected chi connectivity index (χ1v) is 7.55. The maximum absolute atomic E-state index is 12.4. The number of nitrogens with zero attached hydrogens (tertiary/aromatic N) is 2. The minimum atomic E-state index is -1.27. The summed E-state index contributed by atoms with van der Waals surface area (Å²) >= 11 is 5.72. The van der Waals surface area contributed by atoms with E-state index in [1.807, 2.05) is 6.92 Å². The number of aliphatic hydroxyl groups is 1. The van der Waals surface area contributed by atoms with Gasteiger partial charge in [0.15, 0.2) is 0 Å². The van der Waals surface area contributed by atoms with E-state index in [0.717, 1.165) is 5.69 Å². The second kappa shape index (κ2) is 6.54. The summed E-state index contributed by atoms with van der Waals surface area (Å²) in [6.45, 7) is 5.77. The topological polar surface area (TPSA) is 80.3 Å². The van der Waals surface area contributed by atoms with E-state index < -0.39 is 5.60 Å². The van der Waals surface area contributed by atoms with Crippen LogP contribution in [-0.2, 0) is 12.1 Å². The molecule has 0 radical (unpaired) electrons. The van der Waals surface area contributed by atoms with E-state index in [0.29, 0.717) is 29.4 Å². The Morgan fingerprint density at radius 1 is 1.55 bits per heavy atom. The average Bonchev–Trinajstić information content (AvgIpc) is 3.07. The predicted molar refractivity (Wildman–Crippen MR) is 83.0 cm³/mol. The van der Waals surface area contributed by atoms with Crippen LogP contribution in [0.4, 0.5) is 0 Å². The number of alkyl halides is 1. The van der Waals surface area contributed by atoms with Crippen molar-refractivity contribution in [1.82, 2.24) is 15.1 Å². The third-order valence-electron chi connectivity index (χ3n) is 3.55. The Morgan fingerprint density at radius 3 is 2.86 bits per heavy atom. The molecule has 1 atom stereocenters. The van der Waals surface area contributed by atoms with E-state index in [1.165, 1.54) is 6.26 Å². The number of amides is 1. The molecule has 7 heteroatoms. The van der Waals surface area contributed by atoms with Gasteiger partial charge in [-0.15, -0.1) is 11.6 Å². The molecule has 0 fully saturated rings. The maximum atomic E-state index is 12.4. The summed E-state index contributed by atoms with van der Waals surface area (Å²) in [6, 6.07) is 3.36. The molecule has 0 aliphatic carbocycles. The van der Waals surface area contributed by atoms with Gasteiger partial charge in [-0.2, -0.15) is 5.10 Å². The summed E-state index contributed by atoms with van der Waals surface area (Å²) < 4.78 is 6.90. The van der Waals surface area contributed by atoms with Crippen LogP contribution in [0, 0.1) is 13.8 Å². The predicted octanol–water partition coefficient (Wildman–Crippen LogP) is 1.97. The van der Waals surface area contributed by atoms with Crippen molar-refractivity contribution in [2.45, 2.75) is 32.9 Å². The zero-order valence-corrected chi connectivity index (χ0v) is 13.6. The molecule has 0 saturated carbocycles. The molecular formula is C15H20ClN3O3. The van der Waals surface area contributed by atoms with Gasteiger partial charge in [0, 0.05) is 11.6 Å². The molecule has 2 aromatic rings. The number of hydrogen-bond donors (Lipinski definition) is 2. The largest absolute Gasteiger partial charge is 0.466 e. The van der Waals surface area contributed by atoms with Crippen molar-refractivity contribution >= 4 is 17.5 Å². The number of halogens is 1. The van der Waals surface area contributed by atoms with Gasteiger partial charge in [0.1, 0.15) is 11.4 Å². The number of hydrogen-bond acceptors (Lipinski definition) is 4. The van der Waals surface area contributed by atoms with Crippen molar-refractivity contribution in [2.24, 2.45) is 0 Å². The van der Waals surface area contributed by atoms with Crippen LogP contribution < -0.4 is 5.32 Å². The van der Waals surface area contributed by atoms with Crippen molar-refractivity contribution in [3.63, 3.8) is 0 Å². The maximum Gasteiger partial charge on any atom is 0.255 e. The monoisotopic (exact) mass is 325 g/mol. The molecule has 1 amide bonds. The van der Waals surface area contributed by atoms with Crippen molar-refractivity contribution in [3.05, 3.63) is 41.1 Å². The summed E-state index contributed by atoms with van der Waals surface area (Å²) in [5.74, 6) is 0.553. The summed E-state index contributed by atoms with van der Waals surface area (Å²) in [7, 11) is 0. The van der Waals surface area contributed by atoms with Gasteiger partial charge in [0.05, 0.1) is 30.6 Å². The van der Waals surface area contributed by atoms with Crippen LogP contribution in [0.15, 0.2) is 22.8 Å². The van der Waals surface area contributed by atoms with Crippen LogP contribution in [0.3, 0.4) is 0 Å². The molecule has 0 bridgehead atoms. The lowest BCUT2D eigenvalue weighted by atomic mass is 10.0.